The van der Waals surface area contributed by atoms with Gasteiger partial charge in [0.2, 0.25) is 0 Å². The highest BCUT2D eigenvalue weighted by molar-refractivity contribution is 5.79. The largest absolute Gasteiger partial charge is 0.298 e. The van der Waals surface area contributed by atoms with Crippen LogP contribution in [0.15, 0.2) is 41.0 Å². The van der Waals surface area contributed by atoms with Crippen LogP contribution >= 0.6 is 0 Å². The topological polar surface area (TPSA) is 17.1 Å². The predicted molar refractivity (Wildman–Crippen MR) is 85.4 cm³/mol. The lowest BCUT2D eigenvalue weighted by Gasteiger charge is -2.23. The van der Waals surface area contributed by atoms with Gasteiger partial charge in [0, 0.05) is 11.5 Å². The highest BCUT2D eigenvalue weighted by Gasteiger charge is 2.25. The van der Waals surface area contributed by atoms with Gasteiger partial charge in [-0.1, -0.05) is 55.7 Å². The quantitative estimate of drug-likeness (QED) is 0.676. The Labute approximate surface area is 122 Å². The molecule has 1 aromatic carbocycles. The van der Waals surface area contributed by atoms with Crippen LogP contribution in [0, 0.1) is 0 Å². The number of rotatable bonds is 2. The molecule has 0 fully saturated rings. The molecule has 0 saturated heterocycles. The van der Waals surface area contributed by atoms with E-state index in [2.05, 4.69) is 65.8 Å². The summed E-state index contributed by atoms with van der Waals surface area (Å²) in [7, 11) is 0. The maximum Gasteiger partial charge on any atom is 0.150 e. The molecule has 0 spiro atoms. The molecule has 0 heterocycles. The van der Waals surface area contributed by atoms with Crippen LogP contribution in [0.3, 0.4) is 0 Å². The van der Waals surface area contributed by atoms with Crippen molar-refractivity contribution in [2.24, 2.45) is 0 Å². The first-order chi connectivity index (χ1) is 9.25. The third-order valence-corrected chi connectivity index (χ3v) is 4.35. The number of hydrogen-bond acceptors (Lipinski definition) is 1. The summed E-state index contributed by atoms with van der Waals surface area (Å²) in [5.74, 6) is 0.268. The minimum absolute atomic E-state index is 0.0671. The summed E-state index contributed by atoms with van der Waals surface area (Å²) in [5, 5.41) is 0. The van der Waals surface area contributed by atoms with Crippen molar-refractivity contribution in [1.82, 2.24) is 0 Å². The van der Waals surface area contributed by atoms with E-state index in [-0.39, 0.29) is 11.3 Å². The van der Waals surface area contributed by atoms with Gasteiger partial charge in [-0.15, -0.1) is 0 Å². The van der Waals surface area contributed by atoms with Crippen molar-refractivity contribution >= 4 is 6.29 Å². The van der Waals surface area contributed by atoms with Crippen LogP contribution in [0.5, 0.6) is 0 Å². The average molecular weight is 268 g/mol. The van der Waals surface area contributed by atoms with Gasteiger partial charge in [-0.3, -0.25) is 4.79 Å². The van der Waals surface area contributed by atoms with E-state index < -0.39 is 0 Å². The molecule has 1 aromatic rings. The monoisotopic (exact) mass is 268 g/mol. The number of benzene rings is 1. The van der Waals surface area contributed by atoms with Crippen molar-refractivity contribution in [2.75, 3.05) is 0 Å². The standard InChI is InChI=1S/C19H24O/c1-12-9-13(2)18(14(12)3)17-8-7-16(19(4,5)6)10-15(17)11-20/h7-11,18H,1-6H3. The Balaban J connectivity index is 2.55. The van der Waals surface area contributed by atoms with Gasteiger partial charge in [0.05, 0.1) is 0 Å². The third kappa shape index (κ3) is 2.49. The summed E-state index contributed by atoms with van der Waals surface area (Å²) in [6, 6.07) is 6.35. The number of hydrogen-bond donors (Lipinski definition) is 0. The molecule has 1 nitrogen and oxygen atoms in total. The van der Waals surface area contributed by atoms with Gasteiger partial charge in [-0.2, -0.15) is 0 Å². The summed E-state index contributed by atoms with van der Waals surface area (Å²) in [6.45, 7) is 13.0. The summed E-state index contributed by atoms with van der Waals surface area (Å²) >= 11 is 0. The minimum atomic E-state index is 0.0671. The zero-order chi connectivity index (χ0) is 15.1. The molecule has 1 heteroatoms. The molecule has 1 aliphatic rings. The molecule has 1 atom stereocenters. The van der Waals surface area contributed by atoms with Crippen LogP contribution in [-0.4, -0.2) is 6.29 Å². The van der Waals surface area contributed by atoms with Crippen molar-refractivity contribution in [3.63, 3.8) is 0 Å². The normalized spacial score (nSPS) is 19.3. The molecule has 1 aliphatic carbocycles. The van der Waals surface area contributed by atoms with E-state index >= 15 is 0 Å². The van der Waals surface area contributed by atoms with Crippen molar-refractivity contribution in [3.05, 3.63) is 57.7 Å². The van der Waals surface area contributed by atoms with E-state index in [0.29, 0.717) is 0 Å². The summed E-state index contributed by atoms with van der Waals surface area (Å²) in [5.41, 5.74) is 7.24. The summed E-state index contributed by atoms with van der Waals surface area (Å²) in [4.78, 5) is 11.5. The van der Waals surface area contributed by atoms with Gasteiger partial charge in [-0.25, -0.2) is 0 Å². The van der Waals surface area contributed by atoms with E-state index in [1.807, 2.05) is 0 Å². The molecule has 1 unspecified atom stereocenters. The number of carbonyl (C=O) groups is 1. The fraction of sp³-hybridized carbons (Fsp3) is 0.421. The molecule has 0 aromatic heterocycles. The lowest BCUT2D eigenvalue weighted by molar-refractivity contribution is 0.112. The van der Waals surface area contributed by atoms with Crippen LogP contribution in [0.4, 0.5) is 0 Å². The Morgan fingerprint density at radius 2 is 1.75 bits per heavy atom. The van der Waals surface area contributed by atoms with Crippen molar-refractivity contribution in [3.8, 4) is 0 Å². The number of allylic oxidation sites excluding steroid dienone is 4. The maximum absolute atomic E-state index is 11.5. The highest BCUT2D eigenvalue weighted by atomic mass is 16.1. The van der Waals surface area contributed by atoms with Gasteiger partial charge in [-0.05, 0) is 43.4 Å². The van der Waals surface area contributed by atoms with Crippen LogP contribution in [0.25, 0.3) is 0 Å². The first kappa shape index (κ1) is 14.8. The zero-order valence-corrected chi connectivity index (χ0v) is 13.4. The van der Waals surface area contributed by atoms with Crippen molar-refractivity contribution in [1.29, 1.82) is 0 Å². The van der Waals surface area contributed by atoms with E-state index in [9.17, 15) is 4.79 Å². The molecule has 0 N–H and O–H groups in total. The first-order valence-corrected chi connectivity index (χ1v) is 7.21. The minimum Gasteiger partial charge on any atom is -0.298 e. The van der Waals surface area contributed by atoms with Gasteiger partial charge >= 0.3 is 0 Å². The Hall–Kier alpha value is -1.63. The average Bonchev–Trinajstić information content (AvgIpc) is 2.61. The van der Waals surface area contributed by atoms with Crippen molar-refractivity contribution < 1.29 is 4.79 Å². The van der Waals surface area contributed by atoms with Crippen LogP contribution in [0.1, 0.15) is 68.9 Å². The fourth-order valence-electron chi connectivity index (χ4n) is 2.99. The van der Waals surface area contributed by atoms with Gasteiger partial charge in [0.25, 0.3) is 0 Å². The Morgan fingerprint density at radius 3 is 2.20 bits per heavy atom. The molecule has 0 aliphatic heterocycles. The second kappa shape index (κ2) is 5.05. The van der Waals surface area contributed by atoms with Crippen LogP contribution in [-0.2, 0) is 5.41 Å². The lowest BCUT2D eigenvalue weighted by atomic mass is 9.81. The Bertz CT molecular complexity index is 609. The molecular formula is C19H24O. The first-order valence-electron chi connectivity index (χ1n) is 7.21. The maximum atomic E-state index is 11.5. The molecule has 2 rings (SSSR count). The van der Waals surface area contributed by atoms with Crippen molar-refractivity contribution in [2.45, 2.75) is 52.9 Å². The van der Waals surface area contributed by atoms with Crippen LogP contribution in [0.2, 0.25) is 0 Å². The van der Waals surface area contributed by atoms with Gasteiger partial charge in [0.15, 0.2) is 0 Å². The molecule has 0 bridgehead atoms. The summed E-state index contributed by atoms with van der Waals surface area (Å²) in [6.07, 6.45) is 3.23. The Kier molecular flexibility index (Phi) is 3.73. The number of aldehydes is 1. The van der Waals surface area contributed by atoms with E-state index in [1.165, 1.54) is 22.3 Å². The SMILES string of the molecule is CC1=CC(C)=C(C)C1c1ccc(C(C)(C)C)cc1C=O. The lowest BCUT2D eigenvalue weighted by Crippen LogP contribution is -2.13. The predicted octanol–water partition coefficient (Wildman–Crippen LogP) is 5.18. The second-order valence-electron chi connectivity index (χ2n) is 6.90. The number of carbonyl (C=O) groups excluding carboxylic acids is 1. The molecule has 0 radical (unpaired) electrons. The van der Waals surface area contributed by atoms with E-state index in [0.717, 1.165) is 17.4 Å². The second-order valence-corrected chi connectivity index (χ2v) is 6.90. The third-order valence-electron chi connectivity index (χ3n) is 4.35. The fourth-order valence-corrected chi connectivity index (χ4v) is 2.99. The van der Waals surface area contributed by atoms with E-state index in [1.54, 1.807) is 0 Å². The van der Waals surface area contributed by atoms with E-state index in [4.69, 9.17) is 0 Å². The molecular weight excluding hydrogens is 244 g/mol. The molecule has 106 valence electrons. The van der Waals surface area contributed by atoms with Gasteiger partial charge < -0.3 is 0 Å². The van der Waals surface area contributed by atoms with Crippen LogP contribution < -0.4 is 0 Å². The molecule has 0 amide bonds. The Morgan fingerprint density at radius 1 is 1.10 bits per heavy atom. The molecule has 20 heavy (non-hydrogen) atoms. The summed E-state index contributed by atoms with van der Waals surface area (Å²) < 4.78 is 0. The highest BCUT2D eigenvalue weighted by Crippen LogP contribution is 2.40. The smallest absolute Gasteiger partial charge is 0.150 e. The zero-order valence-electron chi connectivity index (χ0n) is 13.4. The van der Waals surface area contributed by atoms with Gasteiger partial charge in [0.1, 0.15) is 6.29 Å². The molecule has 0 saturated carbocycles.